The number of hydrogen-bond donors (Lipinski definition) is 0. The molecule has 0 bridgehead atoms. The first-order valence-electron chi connectivity index (χ1n) is 9.98. The largest absolute Gasteiger partial charge is 0.489 e. The maximum Gasteiger partial charge on any atom is 0.268 e. The van der Waals surface area contributed by atoms with E-state index in [1.807, 2.05) is 13.0 Å². The van der Waals surface area contributed by atoms with Crippen molar-refractivity contribution in [2.24, 2.45) is 0 Å². The van der Waals surface area contributed by atoms with Crippen molar-refractivity contribution in [3.05, 3.63) is 61.5 Å². The molecular weight excluding hydrogens is 338 g/mol. The number of hydrogen-bond acceptors (Lipinski definition) is 4. The summed E-state index contributed by atoms with van der Waals surface area (Å²) >= 11 is 0. The second kappa shape index (κ2) is 7.71. The third kappa shape index (κ3) is 3.33. The number of allylic oxidation sites excluding steroid dienone is 1. The van der Waals surface area contributed by atoms with Gasteiger partial charge in [-0.25, -0.2) is 0 Å². The molecule has 0 saturated carbocycles. The molecule has 0 N–H and O–H groups in total. The Morgan fingerprint density at radius 2 is 1.78 bits per heavy atom. The van der Waals surface area contributed by atoms with Crippen LogP contribution < -0.4 is 20.5 Å². The van der Waals surface area contributed by atoms with Gasteiger partial charge in [-0.2, -0.15) is 0 Å². The third-order valence-electron chi connectivity index (χ3n) is 5.51. The summed E-state index contributed by atoms with van der Waals surface area (Å²) in [6.45, 7) is 9.67. The molecule has 0 radical (unpaired) electrons. The lowest BCUT2D eigenvalue weighted by molar-refractivity contribution is 0.332. The topological polar surface area (TPSA) is 46.6 Å². The van der Waals surface area contributed by atoms with Gasteiger partial charge < -0.3 is 9.64 Å². The second-order valence-electron chi connectivity index (χ2n) is 7.72. The Bertz CT molecular complexity index is 916. The Kier molecular flexibility index (Phi) is 5.54. The lowest BCUT2D eigenvalue weighted by atomic mass is 9.83. The van der Waals surface area contributed by atoms with E-state index >= 15 is 0 Å². The molecule has 1 aliphatic rings. The number of fused-ring (bicyclic) bond motifs is 1. The molecule has 0 amide bonds. The van der Waals surface area contributed by atoms with Crippen molar-refractivity contribution in [1.29, 1.82) is 0 Å². The maximum absolute atomic E-state index is 12.2. The molecular formula is C23H29NO3. The Balaban J connectivity index is 2.02. The van der Waals surface area contributed by atoms with Crippen molar-refractivity contribution < 1.29 is 4.74 Å². The summed E-state index contributed by atoms with van der Waals surface area (Å²) in [7, 11) is 0. The predicted molar refractivity (Wildman–Crippen MR) is 111 cm³/mol. The average molecular weight is 367 g/mol. The van der Waals surface area contributed by atoms with Crippen molar-refractivity contribution in [2.75, 3.05) is 18.1 Å². The van der Waals surface area contributed by atoms with Crippen LogP contribution in [0.5, 0.6) is 5.75 Å². The van der Waals surface area contributed by atoms with Gasteiger partial charge in [0.2, 0.25) is 5.43 Å². The zero-order valence-corrected chi connectivity index (χ0v) is 16.8. The SMILES string of the molecule is CCCCCCN1/C(=C/c2c(OCC)c(=O)c2=O)C(C)(C)c2ccccc21. The summed E-state index contributed by atoms with van der Waals surface area (Å²) in [6.07, 6.45) is 6.60. The molecule has 0 fully saturated rings. The minimum Gasteiger partial charge on any atom is -0.489 e. The fourth-order valence-corrected chi connectivity index (χ4v) is 3.98. The van der Waals surface area contributed by atoms with E-state index in [0.29, 0.717) is 12.2 Å². The van der Waals surface area contributed by atoms with Crippen LogP contribution in [0.25, 0.3) is 6.08 Å². The molecule has 4 nitrogen and oxygen atoms in total. The molecule has 3 rings (SSSR count). The lowest BCUT2D eigenvalue weighted by Gasteiger charge is -2.28. The highest BCUT2D eigenvalue weighted by Gasteiger charge is 2.40. The first-order chi connectivity index (χ1) is 12.9. The molecule has 0 spiro atoms. The normalized spacial score (nSPS) is 16.9. The first kappa shape index (κ1) is 19.4. The summed E-state index contributed by atoms with van der Waals surface area (Å²) in [5, 5.41) is 0. The summed E-state index contributed by atoms with van der Waals surface area (Å²) in [6, 6.07) is 8.41. The fraction of sp³-hybridized carbons (Fsp3) is 0.478. The Hall–Kier alpha value is -2.36. The highest BCUT2D eigenvalue weighted by molar-refractivity contribution is 5.77. The lowest BCUT2D eigenvalue weighted by Crippen LogP contribution is -2.36. The summed E-state index contributed by atoms with van der Waals surface area (Å²) < 4.78 is 5.42. The number of para-hydroxylation sites is 1. The van der Waals surface area contributed by atoms with Crippen LogP contribution in [0.1, 0.15) is 64.5 Å². The van der Waals surface area contributed by atoms with E-state index in [9.17, 15) is 9.59 Å². The summed E-state index contributed by atoms with van der Waals surface area (Å²) in [4.78, 5) is 26.4. The van der Waals surface area contributed by atoms with Crippen molar-refractivity contribution >= 4 is 11.8 Å². The zero-order valence-electron chi connectivity index (χ0n) is 16.8. The van der Waals surface area contributed by atoms with Gasteiger partial charge >= 0.3 is 0 Å². The Labute approximate surface area is 161 Å². The van der Waals surface area contributed by atoms with Crippen molar-refractivity contribution in [1.82, 2.24) is 0 Å². The number of benzene rings is 1. The van der Waals surface area contributed by atoms with E-state index in [1.54, 1.807) is 0 Å². The predicted octanol–water partition coefficient (Wildman–Crippen LogP) is 4.40. The molecule has 0 aromatic heterocycles. The Morgan fingerprint density at radius 1 is 1.04 bits per heavy atom. The van der Waals surface area contributed by atoms with Crippen LogP contribution in [0.3, 0.4) is 0 Å². The highest BCUT2D eigenvalue weighted by Crippen LogP contribution is 2.48. The van der Waals surface area contributed by atoms with Crippen LogP contribution in [0, 0.1) is 0 Å². The highest BCUT2D eigenvalue weighted by atomic mass is 16.5. The van der Waals surface area contributed by atoms with Crippen LogP contribution in [-0.4, -0.2) is 13.2 Å². The number of anilines is 1. The monoisotopic (exact) mass is 367 g/mol. The van der Waals surface area contributed by atoms with Crippen LogP contribution >= 0.6 is 0 Å². The third-order valence-corrected chi connectivity index (χ3v) is 5.51. The molecule has 4 heteroatoms. The molecule has 1 aliphatic heterocycles. The van der Waals surface area contributed by atoms with Crippen LogP contribution in [0.2, 0.25) is 0 Å². The zero-order chi connectivity index (χ0) is 19.6. The fourth-order valence-electron chi connectivity index (χ4n) is 3.98. The van der Waals surface area contributed by atoms with Crippen molar-refractivity contribution in [3.8, 4) is 5.75 Å². The molecule has 0 saturated heterocycles. The van der Waals surface area contributed by atoms with E-state index in [2.05, 4.69) is 49.9 Å². The standard InChI is InChI=1S/C23H29NO3/c1-5-7-8-11-14-24-18-13-10-9-12-17(18)23(3,4)19(24)15-16-20(25)21(26)22(16)27-6-2/h9-10,12-13,15H,5-8,11,14H2,1-4H3/b19-15+. The molecule has 1 heterocycles. The summed E-state index contributed by atoms with van der Waals surface area (Å²) in [5.74, 6) is 0.215. The smallest absolute Gasteiger partial charge is 0.268 e. The van der Waals surface area contributed by atoms with Gasteiger partial charge in [-0.15, -0.1) is 0 Å². The van der Waals surface area contributed by atoms with Gasteiger partial charge in [0.25, 0.3) is 5.43 Å². The van der Waals surface area contributed by atoms with Gasteiger partial charge in [-0.1, -0.05) is 58.2 Å². The number of unbranched alkanes of at least 4 members (excludes halogenated alkanes) is 3. The van der Waals surface area contributed by atoms with E-state index in [1.165, 1.54) is 30.5 Å². The molecule has 27 heavy (non-hydrogen) atoms. The molecule has 0 atom stereocenters. The van der Waals surface area contributed by atoms with Crippen LogP contribution in [-0.2, 0) is 5.41 Å². The van der Waals surface area contributed by atoms with E-state index < -0.39 is 10.9 Å². The summed E-state index contributed by atoms with van der Waals surface area (Å²) in [5.41, 5.74) is 2.75. The molecule has 0 aliphatic carbocycles. The number of nitrogens with zero attached hydrogens (tertiary/aromatic N) is 1. The van der Waals surface area contributed by atoms with Crippen molar-refractivity contribution in [2.45, 2.75) is 58.8 Å². The molecule has 2 aromatic carbocycles. The quantitative estimate of drug-likeness (QED) is 0.512. The van der Waals surface area contributed by atoms with E-state index in [0.717, 1.165) is 18.7 Å². The average Bonchev–Trinajstić information content (AvgIpc) is 2.88. The van der Waals surface area contributed by atoms with E-state index in [-0.39, 0.29) is 11.2 Å². The number of ether oxygens (including phenoxy) is 1. The Morgan fingerprint density at radius 3 is 2.48 bits per heavy atom. The van der Waals surface area contributed by atoms with Gasteiger partial charge in [0, 0.05) is 23.3 Å². The first-order valence-corrected chi connectivity index (χ1v) is 9.98. The van der Waals surface area contributed by atoms with Gasteiger partial charge in [0.15, 0.2) is 5.75 Å². The van der Waals surface area contributed by atoms with Gasteiger partial charge in [-0.3, -0.25) is 9.59 Å². The number of rotatable bonds is 8. The van der Waals surface area contributed by atoms with E-state index in [4.69, 9.17) is 4.74 Å². The van der Waals surface area contributed by atoms with Crippen molar-refractivity contribution in [3.63, 3.8) is 0 Å². The van der Waals surface area contributed by atoms with Crippen LogP contribution in [0.4, 0.5) is 5.69 Å². The molecule has 2 aromatic rings. The second-order valence-corrected chi connectivity index (χ2v) is 7.72. The van der Waals surface area contributed by atoms with Gasteiger partial charge in [0.1, 0.15) is 0 Å². The van der Waals surface area contributed by atoms with Gasteiger partial charge in [-0.05, 0) is 31.1 Å². The molecule has 0 unspecified atom stereocenters. The molecule has 144 valence electrons. The minimum absolute atomic E-state index is 0.215. The minimum atomic E-state index is -0.508. The van der Waals surface area contributed by atoms with Crippen LogP contribution in [0.15, 0.2) is 39.6 Å². The van der Waals surface area contributed by atoms with Gasteiger partial charge in [0.05, 0.1) is 12.2 Å². The maximum atomic E-state index is 12.2.